The Morgan fingerprint density at radius 1 is 1.21 bits per heavy atom. The molecule has 7 rings (SSSR count). The zero-order chi connectivity index (χ0) is 23.2. The van der Waals surface area contributed by atoms with Crippen LogP contribution in [0.5, 0.6) is 5.75 Å². The number of ether oxygens (including phenoxy) is 1. The number of sulfone groups is 1. The summed E-state index contributed by atoms with van der Waals surface area (Å²) < 4.78 is 59.8. The van der Waals surface area contributed by atoms with E-state index in [-0.39, 0.29) is 34.8 Å². The molecule has 0 unspecified atom stereocenters. The van der Waals surface area contributed by atoms with Crippen LogP contribution in [0.1, 0.15) is 23.5 Å². The van der Waals surface area contributed by atoms with Gasteiger partial charge in [-0.25, -0.2) is 17.8 Å². The van der Waals surface area contributed by atoms with Gasteiger partial charge in [0.05, 0.1) is 0 Å². The van der Waals surface area contributed by atoms with Gasteiger partial charge >= 0.3 is 0 Å². The van der Waals surface area contributed by atoms with Crippen LogP contribution in [0, 0.1) is 5.82 Å². The minimum Gasteiger partial charge on any atom is -0.489 e. The number of halogens is 2. The first-order valence-corrected chi connectivity index (χ1v) is 12.1. The molecule has 0 saturated heterocycles. The quantitative estimate of drug-likeness (QED) is 0.478. The van der Waals surface area contributed by atoms with Gasteiger partial charge in [-0.05, 0) is 35.4 Å². The van der Waals surface area contributed by atoms with Gasteiger partial charge in [-0.2, -0.15) is 4.39 Å². The first-order valence-electron chi connectivity index (χ1n) is 10.6. The van der Waals surface area contributed by atoms with Crippen molar-refractivity contribution in [3.8, 4) is 16.9 Å². The SMILES string of the molecule is O=S1(=O)C=c2cc(-c3cnc(NCc4c(F)ccc5c4[C@H]4C[C@H]4O5)n4cnnc34)ccc2=C1F. The Kier molecular flexibility index (Phi) is 3.80. The summed E-state index contributed by atoms with van der Waals surface area (Å²) in [6.45, 7) is 0.210. The van der Waals surface area contributed by atoms with Crippen molar-refractivity contribution in [2.75, 3.05) is 5.32 Å². The Balaban J connectivity index is 1.26. The maximum absolute atomic E-state index is 14.6. The second-order valence-corrected chi connectivity index (χ2v) is 10.2. The lowest BCUT2D eigenvalue weighted by Crippen LogP contribution is -2.22. The molecule has 1 N–H and O–H groups in total. The van der Waals surface area contributed by atoms with Gasteiger partial charge in [-0.1, -0.05) is 12.1 Å². The Hall–Kier alpha value is -3.86. The molecule has 4 heterocycles. The van der Waals surface area contributed by atoms with Crippen LogP contribution in [0.3, 0.4) is 0 Å². The molecule has 1 fully saturated rings. The van der Waals surface area contributed by atoms with Crippen LogP contribution in [0.2, 0.25) is 0 Å². The van der Waals surface area contributed by atoms with Crippen molar-refractivity contribution in [1.29, 1.82) is 0 Å². The number of nitrogens with one attached hydrogen (secondary N) is 1. The molecule has 4 aromatic rings. The van der Waals surface area contributed by atoms with E-state index < -0.39 is 15.0 Å². The first kappa shape index (κ1) is 19.6. The summed E-state index contributed by atoms with van der Waals surface area (Å²) in [4.78, 5) is 4.47. The summed E-state index contributed by atoms with van der Waals surface area (Å²) >= 11 is 0. The van der Waals surface area contributed by atoms with Gasteiger partial charge in [-0.15, -0.1) is 10.2 Å². The summed E-state index contributed by atoms with van der Waals surface area (Å²) in [5.41, 5.74) is 3.14. The molecule has 0 amide bonds. The van der Waals surface area contributed by atoms with Crippen molar-refractivity contribution >= 4 is 32.0 Å². The minimum atomic E-state index is -4.04. The lowest BCUT2D eigenvalue weighted by Gasteiger charge is -2.13. The van der Waals surface area contributed by atoms with Crippen LogP contribution in [-0.4, -0.2) is 34.1 Å². The molecule has 2 aromatic carbocycles. The molecule has 2 aliphatic heterocycles. The van der Waals surface area contributed by atoms with Gasteiger partial charge < -0.3 is 10.1 Å². The zero-order valence-electron chi connectivity index (χ0n) is 17.4. The van der Waals surface area contributed by atoms with Crippen molar-refractivity contribution in [3.05, 3.63) is 70.2 Å². The van der Waals surface area contributed by atoms with E-state index in [0.29, 0.717) is 28.3 Å². The van der Waals surface area contributed by atoms with Gasteiger partial charge in [0.15, 0.2) is 5.65 Å². The van der Waals surface area contributed by atoms with Gasteiger partial charge in [0.25, 0.3) is 0 Å². The highest BCUT2D eigenvalue weighted by atomic mass is 32.2. The van der Waals surface area contributed by atoms with Crippen LogP contribution in [0.25, 0.3) is 27.3 Å². The highest BCUT2D eigenvalue weighted by Gasteiger charge is 2.49. The number of anilines is 1. The Labute approximate surface area is 191 Å². The molecule has 8 nitrogen and oxygen atoms in total. The number of aromatic nitrogens is 4. The van der Waals surface area contributed by atoms with Gasteiger partial charge in [-0.3, -0.25) is 4.40 Å². The van der Waals surface area contributed by atoms with E-state index in [1.807, 2.05) is 0 Å². The average molecular weight is 479 g/mol. The van der Waals surface area contributed by atoms with Crippen molar-refractivity contribution < 1.29 is 21.9 Å². The number of rotatable bonds is 4. The maximum atomic E-state index is 14.6. The maximum Gasteiger partial charge on any atom is 0.227 e. The van der Waals surface area contributed by atoms with Crippen molar-refractivity contribution in [2.24, 2.45) is 0 Å². The summed E-state index contributed by atoms with van der Waals surface area (Å²) in [6.07, 6.45) is 4.12. The van der Waals surface area contributed by atoms with Gasteiger partial charge in [0.1, 0.15) is 24.0 Å². The number of fused-ring (bicyclic) bond motifs is 5. The molecule has 0 spiro atoms. The van der Waals surface area contributed by atoms with Crippen molar-refractivity contribution in [3.63, 3.8) is 0 Å². The number of hydrogen-bond acceptors (Lipinski definition) is 7. The van der Waals surface area contributed by atoms with E-state index in [4.69, 9.17) is 4.74 Å². The van der Waals surface area contributed by atoms with Crippen LogP contribution in [0.15, 0.2) is 42.9 Å². The average Bonchev–Trinajstić information content (AvgIpc) is 3.14. The van der Waals surface area contributed by atoms with Crippen LogP contribution in [-0.2, 0) is 16.4 Å². The monoisotopic (exact) mass is 479 g/mol. The first-order chi connectivity index (χ1) is 16.4. The third-order valence-corrected chi connectivity index (χ3v) is 7.79. The molecule has 2 atom stereocenters. The molecule has 170 valence electrons. The standard InChI is InChI=1S/C23H15F2N5O3S/c24-17-3-4-18-20(14-6-19(14)33-18)16(17)8-27-23-26-7-15(22-29-28-10-30(22)23)11-1-2-13-12(5-11)9-34(31,32)21(13)25/h1-5,7,9-10,14,19H,6,8H2,(H,26,27)/t14-,19+/m0/s1. The predicted molar refractivity (Wildman–Crippen MR) is 119 cm³/mol. The van der Waals surface area contributed by atoms with E-state index in [0.717, 1.165) is 23.1 Å². The zero-order valence-corrected chi connectivity index (χ0v) is 18.2. The number of nitrogens with zero attached hydrogens (tertiary/aromatic N) is 4. The molecule has 34 heavy (non-hydrogen) atoms. The Morgan fingerprint density at radius 2 is 2.09 bits per heavy atom. The van der Waals surface area contributed by atoms with Crippen molar-refractivity contribution in [2.45, 2.75) is 25.0 Å². The van der Waals surface area contributed by atoms with Crippen LogP contribution in [0.4, 0.5) is 14.7 Å². The van der Waals surface area contributed by atoms with Gasteiger partial charge in [0.2, 0.25) is 20.9 Å². The topological polar surface area (TPSA) is 98.5 Å². The largest absolute Gasteiger partial charge is 0.489 e. The molecular weight excluding hydrogens is 464 g/mol. The summed E-state index contributed by atoms with van der Waals surface area (Å²) in [5.74, 6) is 1.10. The van der Waals surface area contributed by atoms with Crippen molar-refractivity contribution in [1.82, 2.24) is 19.6 Å². The summed E-state index contributed by atoms with van der Waals surface area (Å²) in [7, 11) is -4.04. The minimum absolute atomic E-state index is 0.0341. The molecule has 0 radical (unpaired) electrons. The third kappa shape index (κ3) is 2.73. The normalized spacial score (nSPS) is 20.9. The van der Waals surface area contributed by atoms with E-state index in [2.05, 4.69) is 20.5 Å². The predicted octanol–water partition coefficient (Wildman–Crippen LogP) is 1.99. The molecule has 3 aliphatic rings. The lowest BCUT2D eigenvalue weighted by molar-refractivity contribution is 0.318. The van der Waals surface area contributed by atoms with E-state index in [1.54, 1.807) is 28.8 Å². The molecule has 1 aliphatic carbocycles. The molecule has 1 saturated carbocycles. The molecule has 0 bridgehead atoms. The van der Waals surface area contributed by atoms with E-state index in [9.17, 15) is 17.2 Å². The third-order valence-electron chi connectivity index (χ3n) is 6.50. The fourth-order valence-corrected chi connectivity index (χ4v) is 5.90. The second kappa shape index (κ2) is 6.60. The highest BCUT2D eigenvalue weighted by Crippen LogP contribution is 2.55. The lowest BCUT2D eigenvalue weighted by atomic mass is 10.0. The molecule has 11 heteroatoms. The van der Waals surface area contributed by atoms with E-state index in [1.165, 1.54) is 18.5 Å². The Morgan fingerprint density at radius 3 is 2.97 bits per heavy atom. The van der Waals surface area contributed by atoms with Crippen LogP contribution < -0.4 is 20.5 Å². The smallest absolute Gasteiger partial charge is 0.227 e. The molecule has 2 aromatic heterocycles. The van der Waals surface area contributed by atoms with Crippen LogP contribution >= 0.6 is 0 Å². The molecular formula is C23H15F2N5O3S. The summed E-state index contributed by atoms with van der Waals surface area (Å²) in [6, 6.07) is 7.70. The highest BCUT2D eigenvalue weighted by molar-refractivity contribution is 8.06. The number of benzene rings is 2. The summed E-state index contributed by atoms with van der Waals surface area (Å²) in [5, 5.41) is 11.4. The fourth-order valence-electron chi connectivity index (χ4n) is 4.77. The van der Waals surface area contributed by atoms with Gasteiger partial charge in [0, 0.05) is 46.0 Å². The number of hydrogen-bond donors (Lipinski definition) is 1. The fraction of sp³-hybridized carbons (Fsp3) is 0.174. The Bertz CT molecular complexity index is 1780. The second-order valence-electron chi connectivity index (χ2n) is 8.55. The van der Waals surface area contributed by atoms with E-state index >= 15 is 0 Å².